The molecule has 0 bridgehead atoms. The first-order valence-corrected chi connectivity index (χ1v) is 6.44. The van der Waals surface area contributed by atoms with Crippen LogP contribution >= 0.6 is 11.6 Å². The normalized spacial score (nSPS) is 14.4. The first-order chi connectivity index (χ1) is 8.60. The van der Waals surface area contributed by atoms with Crippen molar-refractivity contribution in [3.05, 3.63) is 17.0 Å². The zero-order valence-electron chi connectivity index (χ0n) is 10.6. The lowest BCUT2D eigenvalue weighted by Crippen LogP contribution is -2.27. The number of carbonyl (C=O) groups is 1. The van der Waals surface area contributed by atoms with Gasteiger partial charge < -0.3 is 10.2 Å². The second kappa shape index (κ2) is 5.52. The SMILES string of the molecule is CNC(=O)CCN(C)c1cc(Cl)nc(C2CC2)n1. The van der Waals surface area contributed by atoms with Gasteiger partial charge in [-0.25, -0.2) is 9.97 Å². The van der Waals surface area contributed by atoms with E-state index in [2.05, 4.69) is 15.3 Å². The molecule has 98 valence electrons. The lowest BCUT2D eigenvalue weighted by Gasteiger charge is -2.18. The molecule has 1 aliphatic rings. The predicted molar refractivity (Wildman–Crippen MR) is 71.0 cm³/mol. The number of hydrogen-bond acceptors (Lipinski definition) is 4. The maximum absolute atomic E-state index is 11.2. The molecule has 1 heterocycles. The van der Waals surface area contributed by atoms with E-state index in [-0.39, 0.29) is 5.91 Å². The summed E-state index contributed by atoms with van der Waals surface area (Å²) in [5.41, 5.74) is 0. The van der Waals surface area contributed by atoms with Crippen LogP contribution in [0.1, 0.15) is 31.0 Å². The Morgan fingerprint density at radius 2 is 2.28 bits per heavy atom. The minimum absolute atomic E-state index is 0.0180. The van der Waals surface area contributed by atoms with Gasteiger partial charge in [0.1, 0.15) is 16.8 Å². The predicted octanol–water partition coefficient (Wildman–Crippen LogP) is 1.58. The van der Waals surface area contributed by atoms with E-state index in [1.54, 1.807) is 13.1 Å². The van der Waals surface area contributed by atoms with E-state index in [1.807, 2.05) is 11.9 Å². The molecule has 2 rings (SSSR count). The van der Waals surface area contributed by atoms with Crippen molar-refractivity contribution in [3.8, 4) is 0 Å². The number of nitrogens with one attached hydrogen (secondary N) is 1. The molecule has 1 saturated carbocycles. The smallest absolute Gasteiger partial charge is 0.221 e. The van der Waals surface area contributed by atoms with Gasteiger partial charge in [0.2, 0.25) is 5.91 Å². The number of hydrogen-bond donors (Lipinski definition) is 1. The van der Waals surface area contributed by atoms with Crippen LogP contribution in [0.5, 0.6) is 0 Å². The summed E-state index contributed by atoms with van der Waals surface area (Å²) in [4.78, 5) is 21.9. The highest BCUT2D eigenvalue weighted by Crippen LogP contribution is 2.38. The van der Waals surface area contributed by atoms with Gasteiger partial charge >= 0.3 is 0 Å². The molecule has 1 N–H and O–H groups in total. The van der Waals surface area contributed by atoms with E-state index in [0.29, 0.717) is 24.0 Å². The van der Waals surface area contributed by atoms with Gasteiger partial charge in [-0.15, -0.1) is 0 Å². The first kappa shape index (κ1) is 13.1. The van der Waals surface area contributed by atoms with E-state index in [1.165, 1.54) is 0 Å². The molecule has 6 heteroatoms. The fourth-order valence-corrected chi connectivity index (χ4v) is 1.84. The number of carbonyl (C=O) groups excluding carboxylic acids is 1. The summed E-state index contributed by atoms with van der Waals surface area (Å²) in [6.07, 6.45) is 2.72. The maximum Gasteiger partial charge on any atom is 0.221 e. The van der Waals surface area contributed by atoms with E-state index in [4.69, 9.17) is 11.6 Å². The zero-order valence-corrected chi connectivity index (χ0v) is 11.4. The van der Waals surface area contributed by atoms with Gasteiger partial charge in [-0.3, -0.25) is 4.79 Å². The molecule has 0 aliphatic heterocycles. The molecule has 0 saturated heterocycles. The number of nitrogens with zero attached hydrogens (tertiary/aromatic N) is 3. The number of amides is 1. The monoisotopic (exact) mass is 268 g/mol. The average Bonchev–Trinajstić information content (AvgIpc) is 3.18. The summed E-state index contributed by atoms with van der Waals surface area (Å²) in [5.74, 6) is 2.09. The number of anilines is 1. The largest absolute Gasteiger partial charge is 0.359 e. The van der Waals surface area contributed by atoms with Crippen LogP contribution in [0.4, 0.5) is 5.82 Å². The molecule has 1 aromatic heterocycles. The quantitative estimate of drug-likeness (QED) is 0.824. The summed E-state index contributed by atoms with van der Waals surface area (Å²) in [7, 11) is 3.54. The molecule has 0 radical (unpaired) electrons. The van der Waals surface area contributed by atoms with Gasteiger partial charge in [0.15, 0.2) is 0 Å². The zero-order chi connectivity index (χ0) is 13.1. The van der Waals surface area contributed by atoms with Gasteiger partial charge in [0.05, 0.1) is 0 Å². The molecule has 1 amide bonds. The van der Waals surface area contributed by atoms with Gasteiger partial charge in [0, 0.05) is 39.0 Å². The highest BCUT2D eigenvalue weighted by molar-refractivity contribution is 6.29. The second-order valence-corrected chi connectivity index (χ2v) is 4.91. The Morgan fingerprint density at radius 1 is 1.56 bits per heavy atom. The van der Waals surface area contributed by atoms with Gasteiger partial charge in [-0.2, -0.15) is 0 Å². The van der Waals surface area contributed by atoms with Crippen LogP contribution in [0.15, 0.2) is 6.07 Å². The van der Waals surface area contributed by atoms with Crippen molar-refractivity contribution in [1.29, 1.82) is 0 Å². The minimum Gasteiger partial charge on any atom is -0.359 e. The van der Waals surface area contributed by atoms with E-state index >= 15 is 0 Å². The van der Waals surface area contributed by atoms with Crippen LogP contribution in [0, 0.1) is 0 Å². The van der Waals surface area contributed by atoms with Gasteiger partial charge in [-0.05, 0) is 12.8 Å². The molecular weight excluding hydrogens is 252 g/mol. The Bertz CT molecular complexity index is 448. The Hall–Kier alpha value is -1.36. The summed E-state index contributed by atoms with van der Waals surface area (Å²) in [5, 5.41) is 3.06. The molecule has 18 heavy (non-hydrogen) atoms. The first-order valence-electron chi connectivity index (χ1n) is 6.06. The van der Waals surface area contributed by atoms with E-state index in [0.717, 1.165) is 24.5 Å². The standard InChI is InChI=1S/C12H17ClN4O/c1-14-11(18)5-6-17(2)10-7-9(13)15-12(16-10)8-3-4-8/h7-8H,3-6H2,1-2H3,(H,14,18). The molecular formula is C12H17ClN4O. The van der Waals surface area contributed by atoms with E-state index in [9.17, 15) is 4.79 Å². The molecule has 1 aliphatic carbocycles. The third kappa shape index (κ3) is 3.32. The Labute approximate surface area is 112 Å². The highest BCUT2D eigenvalue weighted by atomic mass is 35.5. The van der Waals surface area contributed by atoms with Crippen molar-refractivity contribution < 1.29 is 4.79 Å². The van der Waals surface area contributed by atoms with Gasteiger partial charge in [0.25, 0.3) is 0 Å². The summed E-state index contributed by atoms with van der Waals surface area (Å²) in [6.45, 7) is 0.608. The molecule has 0 atom stereocenters. The van der Waals surface area contributed by atoms with Crippen LogP contribution in [-0.4, -0.2) is 36.5 Å². The summed E-state index contributed by atoms with van der Waals surface area (Å²) >= 11 is 6.00. The average molecular weight is 269 g/mol. The molecule has 0 unspecified atom stereocenters. The van der Waals surface area contributed by atoms with Crippen molar-refractivity contribution in [1.82, 2.24) is 15.3 Å². The van der Waals surface area contributed by atoms with Crippen molar-refractivity contribution >= 4 is 23.3 Å². The molecule has 0 aromatic carbocycles. The second-order valence-electron chi connectivity index (χ2n) is 4.53. The number of aromatic nitrogens is 2. The van der Waals surface area contributed by atoms with Crippen molar-refractivity contribution in [2.24, 2.45) is 0 Å². The number of rotatable bonds is 5. The lowest BCUT2D eigenvalue weighted by atomic mass is 10.3. The lowest BCUT2D eigenvalue weighted by molar-refractivity contribution is -0.120. The molecule has 1 aromatic rings. The van der Waals surface area contributed by atoms with Crippen LogP contribution in [-0.2, 0) is 4.79 Å². The Balaban J connectivity index is 2.04. The van der Waals surface area contributed by atoms with E-state index < -0.39 is 0 Å². The van der Waals surface area contributed by atoms with Crippen molar-refractivity contribution in [2.45, 2.75) is 25.2 Å². The fraction of sp³-hybridized carbons (Fsp3) is 0.583. The van der Waals surface area contributed by atoms with Crippen LogP contribution in [0.3, 0.4) is 0 Å². The Morgan fingerprint density at radius 3 is 2.89 bits per heavy atom. The minimum atomic E-state index is 0.0180. The third-order valence-electron chi connectivity index (χ3n) is 2.99. The fourth-order valence-electron chi connectivity index (χ4n) is 1.65. The van der Waals surface area contributed by atoms with Crippen molar-refractivity contribution in [2.75, 3.05) is 25.5 Å². The maximum atomic E-state index is 11.2. The molecule has 5 nitrogen and oxygen atoms in total. The third-order valence-corrected chi connectivity index (χ3v) is 3.18. The van der Waals surface area contributed by atoms with Crippen LogP contribution in [0.25, 0.3) is 0 Å². The van der Waals surface area contributed by atoms with Crippen LogP contribution in [0.2, 0.25) is 5.15 Å². The summed E-state index contributed by atoms with van der Waals surface area (Å²) < 4.78 is 0. The van der Waals surface area contributed by atoms with Crippen LogP contribution < -0.4 is 10.2 Å². The summed E-state index contributed by atoms with van der Waals surface area (Å²) in [6, 6.07) is 1.73. The highest BCUT2D eigenvalue weighted by Gasteiger charge is 2.27. The molecule has 0 spiro atoms. The molecule has 1 fully saturated rings. The number of halogens is 1. The van der Waals surface area contributed by atoms with Gasteiger partial charge in [-0.1, -0.05) is 11.6 Å². The Kier molecular flexibility index (Phi) is 4.01. The topological polar surface area (TPSA) is 58.1 Å². The van der Waals surface area contributed by atoms with Crippen molar-refractivity contribution in [3.63, 3.8) is 0 Å².